The highest BCUT2D eigenvalue weighted by Crippen LogP contribution is 2.28. The van der Waals surface area contributed by atoms with Gasteiger partial charge >= 0.3 is 0 Å². The molecule has 1 aliphatic rings. The summed E-state index contributed by atoms with van der Waals surface area (Å²) in [6.07, 6.45) is 5.24. The van der Waals surface area contributed by atoms with Crippen molar-refractivity contribution in [2.45, 2.75) is 44.4 Å². The van der Waals surface area contributed by atoms with Gasteiger partial charge in [0.1, 0.15) is 5.76 Å². The van der Waals surface area contributed by atoms with E-state index < -0.39 is 14.6 Å². The van der Waals surface area contributed by atoms with Gasteiger partial charge in [0.05, 0.1) is 17.4 Å². The third-order valence-corrected chi connectivity index (χ3v) is 5.45. The van der Waals surface area contributed by atoms with Gasteiger partial charge in [-0.3, -0.25) is 0 Å². The van der Waals surface area contributed by atoms with Crippen LogP contribution in [0.4, 0.5) is 0 Å². The number of hydrogen-bond donors (Lipinski definition) is 1. The van der Waals surface area contributed by atoms with Crippen LogP contribution in [-0.2, 0) is 14.6 Å². The second kappa shape index (κ2) is 5.40. The van der Waals surface area contributed by atoms with Crippen LogP contribution >= 0.6 is 0 Å². The molecule has 100 valence electrons. The van der Waals surface area contributed by atoms with Crippen molar-refractivity contribution < 1.29 is 13.2 Å². The number of ether oxygens (including phenoxy) is 1. The monoisotopic (exact) mass is 261 g/mol. The lowest BCUT2D eigenvalue weighted by molar-refractivity contribution is 0.159. The minimum absolute atomic E-state index is 0.275. The summed E-state index contributed by atoms with van der Waals surface area (Å²) in [6, 6.07) is -0.275. The summed E-state index contributed by atoms with van der Waals surface area (Å²) < 4.78 is 28.5. The SMILES string of the molecule is CCNC(C1=CCCCO1)C(C)(C)S(C)(=O)=O. The summed E-state index contributed by atoms with van der Waals surface area (Å²) in [5.41, 5.74) is 0. The Balaban J connectivity index is 3.04. The van der Waals surface area contributed by atoms with Gasteiger partial charge in [-0.05, 0) is 39.3 Å². The molecule has 4 nitrogen and oxygen atoms in total. The van der Waals surface area contributed by atoms with Crippen molar-refractivity contribution in [3.8, 4) is 0 Å². The maximum absolute atomic E-state index is 11.9. The van der Waals surface area contributed by atoms with Crippen LogP contribution in [-0.4, -0.2) is 38.6 Å². The maximum atomic E-state index is 11.9. The largest absolute Gasteiger partial charge is 0.497 e. The number of rotatable bonds is 5. The van der Waals surface area contributed by atoms with Gasteiger partial charge in [0, 0.05) is 6.26 Å². The fraction of sp³-hybridized carbons (Fsp3) is 0.833. The minimum Gasteiger partial charge on any atom is -0.497 e. The van der Waals surface area contributed by atoms with E-state index >= 15 is 0 Å². The van der Waals surface area contributed by atoms with E-state index in [1.165, 1.54) is 6.26 Å². The Hall–Kier alpha value is -0.550. The molecule has 0 amide bonds. The molecule has 1 rings (SSSR count). The first kappa shape index (κ1) is 14.5. The highest BCUT2D eigenvalue weighted by molar-refractivity contribution is 7.92. The van der Waals surface area contributed by atoms with Crippen LogP contribution in [0.1, 0.15) is 33.6 Å². The standard InChI is InChI=1S/C12H23NO3S/c1-5-13-11(10-8-6-7-9-16-10)12(2,3)17(4,14)15/h8,11,13H,5-7,9H2,1-4H3. The molecule has 1 heterocycles. The van der Waals surface area contributed by atoms with Crippen LogP contribution in [0.2, 0.25) is 0 Å². The van der Waals surface area contributed by atoms with Crippen LogP contribution < -0.4 is 5.32 Å². The Morgan fingerprint density at radius 1 is 1.53 bits per heavy atom. The molecule has 0 aliphatic carbocycles. The number of hydrogen-bond acceptors (Lipinski definition) is 4. The third-order valence-electron chi connectivity index (χ3n) is 3.31. The van der Waals surface area contributed by atoms with Gasteiger partial charge in [0.15, 0.2) is 9.84 Å². The van der Waals surface area contributed by atoms with E-state index in [-0.39, 0.29) is 6.04 Å². The van der Waals surface area contributed by atoms with E-state index in [1.807, 2.05) is 13.0 Å². The highest BCUT2D eigenvalue weighted by Gasteiger charge is 2.41. The summed E-state index contributed by atoms with van der Waals surface area (Å²) in [5.74, 6) is 0.772. The molecule has 1 unspecified atom stereocenters. The van der Waals surface area contributed by atoms with Crippen molar-refractivity contribution in [2.75, 3.05) is 19.4 Å². The van der Waals surface area contributed by atoms with Gasteiger partial charge in [0.2, 0.25) is 0 Å². The summed E-state index contributed by atoms with van der Waals surface area (Å²) >= 11 is 0. The predicted molar refractivity (Wildman–Crippen MR) is 69.7 cm³/mol. The molecule has 0 radical (unpaired) electrons. The second-order valence-electron chi connectivity index (χ2n) is 4.96. The minimum atomic E-state index is -3.16. The van der Waals surface area contributed by atoms with Gasteiger partial charge in [0.25, 0.3) is 0 Å². The molecule has 0 aromatic rings. The first-order chi connectivity index (χ1) is 7.80. The first-order valence-electron chi connectivity index (χ1n) is 6.06. The lowest BCUT2D eigenvalue weighted by Crippen LogP contribution is -2.53. The Morgan fingerprint density at radius 2 is 2.18 bits per heavy atom. The van der Waals surface area contributed by atoms with Gasteiger partial charge in [-0.15, -0.1) is 0 Å². The van der Waals surface area contributed by atoms with Gasteiger partial charge in [-0.1, -0.05) is 6.92 Å². The lowest BCUT2D eigenvalue weighted by Gasteiger charge is -2.35. The van der Waals surface area contributed by atoms with E-state index in [2.05, 4.69) is 5.32 Å². The van der Waals surface area contributed by atoms with E-state index in [4.69, 9.17) is 4.74 Å². The number of likely N-dealkylation sites (N-methyl/N-ethyl adjacent to an activating group) is 1. The Bertz CT molecular complexity index is 385. The summed E-state index contributed by atoms with van der Waals surface area (Å²) in [4.78, 5) is 0. The zero-order valence-corrected chi connectivity index (χ0v) is 11.9. The number of allylic oxidation sites excluding steroid dienone is 1. The van der Waals surface area contributed by atoms with E-state index in [0.29, 0.717) is 13.2 Å². The lowest BCUT2D eigenvalue weighted by atomic mass is 9.99. The summed E-state index contributed by atoms with van der Waals surface area (Å²) in [5, 5.41) is 3.23. The quantitative estimate of drug-likeness (QED) is 0.814. The molecule has 0 spiro atoms. The van der Waals surface area contributed by atoms with Crippen molar-refractivity contribution in [3.63, 3.8) is 0 Å². The Morgan fingerprint density at radius 3 is 2.59 bits per heavy atom. The third kappa shape index (κ3) is 3.22. The van der Waals surface area contributed by atoms with Gasteiger partial charge in [-0.2, -0.15) is 0 Å². The molecule has 17 heavy (non-hydrogen) atoms. The molecule has 5 heteroatoms. The smallest absolute Gasteiger partial charge is 0.154 e. The van der Waals surface area contributed by atoms with Crippen LogP contribution in [0, 0.1) is 0 Å². The molecule has 0 aromatic carbocycles. The van der Waals surface area contributed by atoms with E-state index in [0.717, 1.165) is 18.6 Å². The van der Waals surface area contributed by atoms with Crippen LogP contribution in [0.3, 0.4) is 0 Å². The molecule has 1 atom stereocenters. The second-order valence-corrected chi connectivity index (χ2v) is 7.56. The molecular formula is C12H23NO3S. The van der Waals surface area contributed by atoms with Crippen molar-refractivity contribution in [3.05, 3.63) is 11.8 Å². The topological polar surface area (TPSA) is 55.4 Å². The molecule has 0 saturated heterocycles. The normalized spacial score (nSPS) is 19.4. The summed E-state index contributed by atoms with van der Waals surface area (Å²) in [7, 11) is -3.16. The average molecular weight is 261 g/mol. The van der Waals surface area contributed by atoms with Gasteiger partial charge < -0.3 is 10.1 Å². The Labute approximate surface area is 104 Å². The zero-order valence-electron chi connectivity index (χ0n) is 11.1. The fourth-order valence-corrected chi connectivity index (χ4v) is 2.51. The zero-order chi connectivity index (χ0) is 13.1. The van der Waals surface area contributed by atoms with Crippen LogP contribution in [0.5, 0.6) is 0 Å². The molecule has 0 bridgehead atoms. The van der Waals surface area contributed by atoms with E-state index in [9.17, 15) is 8.42 Å². The molecular weight excluding hydrogens is 238 g/mol. The number of sulfone groups is 1. The van der Waals surface area contributed by atoms with Gasteiger partial charge in [-0.25, -0.2) is 8.42 Å². The maximum Gasteiger partial charge on any atom is 0.154 e. The van der Waals surface area contributed by atoms with Crippen molar-refractivity contribution in [1.82, 2.24) is 5.32 Å². The Kier molecular flexibility index (Phi) is 4.61. The van der Waals surface area contributed by atoms with Crippen LogP contribution in [0.15, 0.2) is 11.8 Å². The average Bonchev–Trinajstić information content (AvgIpc) is 2.25. The van der Waals surface area contributed by atoms with Crippen molar-refractivity contribution in [1.29, 1.82) is 0 Å². The summed E-state index contributed by atoms with van der Waals surface area (Å²) in [6.45, 7) is 6.84. The van der Waals surface area contributed by atoms with E-state index in [1.54, 1.807) is 13.8 Å². The fourth-order valence-electron chi connectivity index (χ4n) is 1.88. The molecule has 0 saturated carbocycles. The van der Waals surface area contributed by atoms with Crippen molar-refractivity contribution in [2.24, 2.45) is 0 Å². The number of nitrogens with one attached hydrogen (secondary N) is 1. The molecule has 1 aliphatic heterocycles. The predicted octanol–water partition coefficient (Wildman–Crippen LogP) is 1.48. The molecule has 0 aromatic heterocycles. The molecule has 0 fully saturated rings. The molecule has 1 N–H and O–H groups in total. The first-order valence-corrected chi connectivity index (χ1v) is 7.95. The highest BCUT2D eigenvalue weighted by atomic mass is 32.2. The van der Waals surface area contributed by atoms with Crippen LogP contribution in [0.25, 0.3) is 0 Å². The van der Waals surface area contributed by atoms with Crippen molar-refractivity contribution >= 4 is 9.84 Å².